The normalized spacial score (nSPS) is 9.85. The van der Waals surface area contributed by atoms with Crippen LogP contribution >= 0.6 is 11.6 Å². The van der Waals surface area contributed by atoms with E-state index in [0.29, 0.717) is 16.4 Å². The van der Waals surface area contributed by atoms with Gasteiger partial charge in [0, 0.05) is 28.0 Å². The summed E-state index contributed by atoms with van der Waals surface area (Å²) in [6, 6.07) is 8.19. The summed E-state index contributed by atoms with van der Waals surface area (Å²) in [5.41, 5.74) is 0.993. The first-order chi connectivity index (χ1) is 9.63. The molecule has 0 spiro atoms. The Hall–Kier alpha value is -2.52. The molecule has 1 aromatic carbocycles. The van der Waals surface area contributed by atoms with Gasteiger partial charge in [-0.3, -0.25) is 4.79 Å². The van der Waals surface area contributed by atoms with E-state index in [1.807, 2.05) is 0 Å². The van der Waals surface area contributed by atoms with Gasteiger partial charge in [0.15, 0.2) is 5.75 Å². The van der Waals surface area contributed by atoms with Gasteiger partial charge < -0.3 is 9.72 Å². The quantitative estimate of drug-likeness (QED) is 0.694. The number of ether oxygens (including phenoxy) is 1. The molecule has 0 aliphatic carbocycles. The lowest BCUT2D eigenvalue weighted by Crippen LogP contribution is -2.16. The molecule has 20 heavy (non-hydrogen) atoms. The highest BCUT2D eigenvalue weighted by atomic mass is 35.5. The Morgan fingerprint density at radius 3 is 2.65 bits per heavy atom. The number of diazo groups is 1. The molecule has 0 saturated carbocycles. The van der Waals surface area contributed by atoms with Crippen LogP contribution in [-0.2, 0) is 6.54 Å². The van der Waals surface area contributed by atoms with E-state index in [1.165, 1.54) is 24.4 Å². The Bertz CT molecular complexity index is 691. The summed E-state index contributed by atoms with van der Waals surface area (Å²) in [4.78, 5) is 14.6. The molecule has 0 amide bonds. The third kappa shape index (κ3) is 3.08. The fraction of sp³-hybridized carbons (Fsp3) is 0.154. The number of rotatable bonds is 4. The van der Waals surface area contributed by atoms with Crippen LogP contribution in [0.25, 0.3) is 5.08 Å². The fourth-order valence-electron chi connectivity index (χ4n) is 1.70. The lowest BCUT2D eigenvalue weighted by atomic mass is 10.3. The minimum atomic E-state index is -0.241. The van der Waals surface area contributed by atoms with E-state index in [4.69, 9.17) is 21.7 Å². The molecule has 6 nitrogen and oxygen atoms in total. The number of nitrogens with one attached hydrogen (secondary N) is 1. The number of anilines is 1. The first-order valence-electron chi connectivity index (χ1n) is 5.77. The summed E-state index contributed by atoms with van der Waals surface area (Å²) in [5, 5.41) is 14.2. The highest BCUT2D eigenvalue weighted by Gasteiger charge is 2.18. The van der Waals surface area contributed by atoms with Gasteiger partial charge in [-0.25, -0.2) is 0 Å². The third-order valence-corrected chi connectivity index (χ3v) is 2.96. The van der Waals surface area contributed by atoms with Crippen LogP contribution in [0.15, 0.2) is 41.3 Å². The molecule has 1 aromatic heterocycles. The van der Waals surface area contributed by atoms with Crippen molar-refractivity contribution < 1.29 is 4.74 Å². The number of hydrogen-bond donors (Lipinski definition) is 1. The van der Waals surface area contributed by atoms with E-state index in [9.17, 15) is 4.79 Å². The molecule has 0 aliphatic heterocycles. The molecule has 102 valence electrons. The first-order valence-corrected chi connectivity index (χ1v) is 6.15. The lowest BCUT2D eigenvalue weighted by molar-refractivity contribution is 0.408. The van der Waals surface area contributed by atoms with Gasteiger partial charge in [-0.1, -0.05) is 11.6 Å². The average molecular weight is 292 g/mol. The Labute approximate surface area is 120 Å². The average Bonchev–Trinajstić information content (AvgIpc) is 2.46. The summed E-state index contributed by atoms with van der Waals surface area (Å²) >= 11 is 5.80. The predicted molar refractivity (Wildman–Crippen MR) is 76.3 cm³/mol. The molecule has 1 N–H and O–H groups in total. The molecule has 0 atom stereocenters. The molecule has 1 heterocycles. The number of aromatic amines is 1. The van der Waals surface area contributed by atoms with Gasteiger partial charge in [-0.15, -0.1) is 0 Å². The maximum absolute atomic E-state index is 11.6. The molecule has 0 radical (unpaired) electrons. The van der Waals surface area contributed by atoms with Gasteiger partial charge in [-0.2, -0.15) is 0 Å². The minimum Gasteiger partial charge on any atom is -0.491 e. The molecular formula is C13H12ClN4O2+. The smallest absolute Gasteiger partial charge is 0.311 e. The number of methoxy groups -OCH3 is 1. The Kier molecular flexibility index (Phi) is 4.23. The summed E-state index contributed by atoms with van der Waals surface area (Å²) < 4.78 is 4.88. The third-order valence-electron chi connectivity index (χ3n) is 2.71. The van der Waals surface area contributed by atoms with Crippen molar-refractivity contribution in [1.82, 2.24) is 4.98 Å². The zero-order valence-electron chi connectivity index (χ0n) is 10.7. The number of benzene rings is 1. The van der Waals surface area contributed by atoms with Crippen molar-refractivity contribution in [2.75, 3.05) is 12.1 Å². The van der Waals surface area contributed by atoms with Crippen LogP contribution < -0.4 is 15.2 Å². The van der Waals surface area contributed by atoms with Crippen molar-refractivity contribution in [2.45, 2.75) is 6.54 Å². The van der Waals surface area contributed by atoms with Crippen LogP contribution in [0.1, 0.15) is 5.69 Å². The van der Waals surface area contributed by atoms with Gasteiger partial charge in [0.25, 0.3) is 5.39 Å². The molecular weight excluding hydrogens is 280 g/mol. The van der Waals surface area contributed by atoms with Crippen LogP contribution in [0.4, 0.5) is 5.69 Å². The Morgan fingerprint density at radius 2 is 2.10 bits per heavy atom. The van der Waals surface area contributed by atoms with E-state index < -0.39 is 0 Å². The molecule has 2 rings (SSSR count). The van der Waals surface area contributed by atoms with Crippen molar-refractivity contribution in [3.8, 4) is 5.75 Å². The second-order valence-electron chi connectivity index (χ2n) is 4.01. The monoisotopic (exact) mass is 291 g/mol. The van der Waals surface area contributed by atoms with E-state index in [2.05, 4.69) is 10.1 Å². The number of hydrogen-bond acceptors (Lipinski definition) is 4. The van der Waals surface area contributed by atoms with Crippen molar-refractivity contribution in [3.05, 3.63) is 62.6 Å². The lowest BCUT2D eigenvalue weighted by Gasteiger charge is -2.06. The summed E-state index contributed by atoms with van der Waals surface area (Å²) in [6.45, 7) is 0.206. The standard InChI is InChI=1S/C13H11ClN4O2/c1-20-13-7-16-10(6-12(13)19)8-18(17-15)11-4-2-9(14)3-5-11/h2-7H,8H2,1H3/p+1. The Morgan fingerprint density at radius 1 is 1.40 bits per heavy atom. The number of nitrogens with zero attached hydrogens (tertiary/aromatic N) is 3. The minimum absolute atomic E-state index is 0.206. The maximum Gasteiger partial charge on any atom is 0.311 e. The molecule has 0 saturated heterocycles. The molecule has 0 aliphatic rings. The van der Waals surface area contributed by atoms with Crippen LogP contribution in [0.3, 0.4) is 0 Å². The van der Waals surface area contributed by atoms with Gasteiger partial charge in [0.2, 0.25) is 5.43 Å². The second kappa shape index (κ2) is 6.08. The fourth-order valence-corrected chi connectivity index (χ4v) is 1.83. The van der Waals surface area contributed by atoms with E-state index >= 15 is 0 Å². The molecule has 7 heteroatoms. The van der Waals surface area contributed by atoms with Gasteiger partial charge in [0.1, 0.15) is 12.2 Å². The van der Waals surface area contributed by atoms with Crippen molar-refractivity contribution in [2.24, 2.45) is 0 Å². The number of aromatic nitrogens is 1. The highest BCUT2D eigenvalue weighted by Crippen LogP contribution is 2.20. The van der Waals surface area contributed by atoms with Crippen LogP contribution in [-0.4, -0.2) is 12.1 Å². The summed E-state index contributed by atoms with van der Waals surface area (Å²) in [5.74, 6) is 0.229. The number of halogens is 1. The first kappa shape index (κ1) is 13.9. The van der Waals surface area contributed by atoms with Crippen LogP contribution in [0, 0.1) is 5.39 Å². The van der Waals surface area contributed by atoms with E-state index in [0.717, 1.165) is 0 Å². The second-order valence-corrected chi connectivity index (χ2v) is 4.45. The van der Waals surface area contributed by atoms with Gasteiger partial charge in [0.05, 0.1) is 7.11 Å². The zero-order chi connectivity index (χ0) is 14.5. The van der Waals surface area contributed by atoms with Crippen molar-refractivity contribution >= 4 is 17.3 Å². The molecule has 0 bridgehead atoms. The number of H-pyrrole nitrogens is 1. The molecule has 0 unspecified atom stereocenters. The van der Waals surface area contributed by atoms with Crippen LogP contribution in [0.2, 0.25) is 5.02 Å². The summed E-state index contributed by atoms with van der Waals surface area (Å²) in [6.07, 6.45) is 1.47. The van der Waals surface area contributed by atoms with Gasteiger partial charge >= 0.3 is 5.08 Å². The maximum atomic E-state index is 11.6. The molecule has 0 fully saturated rings. The topological polar surface area (TPSA) is 73.5 Å². The molecule has 2 aromatic rings. The largest absolute Gasteiger partial charge is 0.491 e. The number of pyridine rings is 1. The van der Waals surface area contributed by atoms with Gasteiger partial charge in [-0.05, 0) is 24.3 Å². The SMILES string of the molecule is COc1c[nH]c(CN([N+]#N)c2ccc(Cl)cc2)cc1=O. The predicted octanol–water partition coefficient (Wildman–Crippen LogP) is 2.81. The van der Waals surface area contributed by atoms with Crippen LogP contribution in [0.5, 0.6) is 5.75 Å². The summed E-state index contributed by atoms with van der Waals surface area (Å²) in [7, 11) is 1.42. The van der Waals surface area contributed by atoms with Crippen molar-refractivity contribution in [3.63, 3.8) is 0 Å². The highest BCUT2D eigenvalue weighted by molar-refractivity contribution is 6.30. The van der Waals surface area contributed by atoms with Crippen molar-refractivity contribution in [1.29, 1.82) is 5.39 Å². The zero-order valence-corrected chi connectivity index (χ0v) is 11.5. The van der Waals surface area contributed by atoms with E-state index in [-0.39, 0.29) is 17.7 Å². The Balaban J connectivity index is 2.23. The van der Waals surface area contributed by atoms with E-state index in [1.54, 1.807) is 24.3 Å².